The maximum absolute atomic E-state index is 12.9. The Hall–Kier alpha value is -2.93. The van der Waals surface area contributed by atoms with Crippen LogP contribution < -0.4 is 5.32 Å². The molecule has 1 heterocycles. The number of thioether (sulfide) groups is 1. The number of aromatic hydroxyl groups is 2. The Kier molecular flexibility index (Phi) is 6.60. The Morgan fingerprint density at radius 3 is 2.71 bits per heavy atom. The summed E-state index contributed by atoms with van der Waals surface area (Å²) < 4.78 is 0. The first-order chi connectivity index (χ1) is 13.5. The number of phenols is 2. The molecule has 146 valence electrons. The van der Waals surface area contributed by atoms with Gasteiger partial charge < -0.3 is 20.4 Å². The minimum absolute atomic E-state index is 0.126. The predicted octanol–water partition coefficient (Wildman–Crippen LogP) is 2.49. The Labute approximate surface area is 167 Å². The molecule has 0 radical (unpaired) electrons. The maximum Gasteiger partial charge on any atom is 0.252 e. The van der Waals surface area contributed by atoms with E-state index in [1.54, 1.807) is 16.7 Å². The fourth-order valence-corrected chi connectivity index (χ4v) is 3.83. The molecular weight excluding hydrogens is 376 g/mol. The summed E-state index contributed by atoms with van der Waals surface area (Å²) in [5, 5.41) is 21.7. The highest BCUT2D eigenvalue weighted by Gasteiger charge is 2.28. The zero-order valence-corrected chi connectivity index (χ0v) is 16.1. The normalized spacial score (nSPS) is 17.5. The monoisotopic (exact) mass is 398 g/mol. The number of nitrogens with zero attached hydrogens (tertiary/aromatic N) is 1. The summed E-state index contributed by atoms with van der Waals surface area (Å²) >= 11 is 1.61. The molecule has 2 aromatic rings. The van der Waals surface area contributed by atoms with E-state index in [1.165, 1.54) is 18.2 Å². The van der Waals surface area contributed by atoms with Gasteiger partial charge in [0.15, 0.2) is 11.5 Å². The van der Waals surface area contributed by atoms with Gasteiger partial charge in [0.2, 0.25) is 5.91 Å². The van der Waals surface area contributed by atoms with Crippen LogP contribution in [-0.2, 0) is 4.79 Å². The van der Waals surface area contributed by atoms with Gasteiger partial charge in [0.05, 0.1) is 0 Å². The lowest BCUT2D eigenvalue weighted by molar-refractivity contribution is -0.131. The zero-order valence-electron chi connectivity index (χ0n) is 15.2. The second-order valence-corrected chi connectivity index (χ2v) is 7.55. The van der Waals surface area contributed by atoms with Gasteiger partial charge in [0, 0.05) is 30.2 Å². The number of benzene rings is 2. The van der Waals surface area contributed by atoms with Crippen LogP contribution in [0.3, 0.4) is 0 Å². The van der Waals surface area contributed by atoms with Crippen molar-refractivity contribution in [2.45, 2.75) is 6.04 Å². The first kappa shape index (κ1) is 19.8. The Morgan fingerprint density at radius 2 is 1.96 bits per heavy atom. The second kappa shape index (κ2) is 9.32. The molecule has 28 heavy (non-hydrogen) atoms. The molecule has 1 aliphatic rings. The van der Waals surface area contributed by atoms with E-state index in [-0.39, 0.29) is 23.0 Å². The molecule has 1 saturated heterocycles. The van der Waals surface area contributed by atoms with Gasteiger partial charge in [0.1, 0.15) is 6.04 Å². The number of rotatable bonds is 5. The van der Waals surface area contributed by atoms with Gasteiger partial charge in [-0.25, -0.2) is 0 Å². The summed E-state index contributed by atoms with van der Waals surface area (Å²) in [5.74, 6) is 0.0380. The van der Waals surface area contributed by atoms with E-state index in [0.717, 1.165) is 11.3 Å². The topological polar surface area (TPSA) is 89.9 Å². The van der Waals surface area contributed by atoms with Crippen LogP contribution in [0.5, 0.6) is 11.5 Å². The summed E-state index contributed by atoms with van der Waals surface area (Å²) in [6.07, 6.45) is 3.91. The van der Waals surface area contributed by atoms with E-state index in [9.17, 15) is 19.8 Å². The number of phenolic OH excluding ortho intramolecular Hbond substituents is 2. The van der Waals surface area contributed by atoms with Crippen LogP contribution in [0.2, 0.25) is 0 Å². The Morgan fingerprint density at radius 1 is 1.18 bits per heavy atom. The summed E-state index contributed by atoms with van der Waals surface area (Å²) in [6.45, 7) is 1.09. The SMILES string of the molecule is O=C(N[C@H]1CSCCN(C/C=C/c2ccccc2)C1=O)c1ccc(O)c(O)c1. The van der Waals surface area contributed by atoms with E-state index in [2.05, 4.69) is 5.32 Å². The molecule has 0 spiro atoms. The molecule has 0 aromatic heterocycles. The van der Waals surface area contributed by atoms with Crippen molar-refractivity contribution in [3.63, 3.8) is 0 Å². The van der Waals surface area contributed by atoms with Crippen molar-refractivity contribution in [2.75, 3.05) is 24.6 Å². The van der Waals surface area contributed by atoms with Crippen molar-refractivity contribution in [1.29, 1.82) is 0 Å². The van der Waals surface area contributed by atoms with Gasteiger partial charge >= 0.3 is 0 Å². The van der Waals surface area contributed by atoms with Crippen LogP contribution in [-0.4, -0.2) is 57.6 Å². The first-order valence-electron chi connectivity index (χ1n) is 8.95. The van der Waals surface area contributed by atoms with Gasteiger partial charge in [-0.15, -0.1) is 0 Å². The van der Waals surface area contributed by atoms with Crippen LogP contribution in [0.1, 0.15) is 15.9 Å². The van der Waals surface area contributed by atoms with E-state index in [1.807, 2.05) is 42.5 Å². The number of amides is 2. The van der Waals surface area contributed by atoms with Crippen molar-refractivity contribution < 1.29 is 19.8 Å². The number of carbonyl (C=O) groups excluding carboxylic acids is 2. The largest absolute Gasteiger partial charge is 0.504 e. The summed E-state index contributed by atoms with van der Waals surface area (Å²) in [5.41, 5.74) is 1.25. The third-order valence-electron chi connectivity index (χ3n) is 4.38. The Bertz CT molecular complexity index is 870. The summed E-state index contributed by atoms with van der Waals surface area (Å²) in [6, 6.07) is 13.0. The lowest BCUT2D eigenvalue weighted by Gasteiger charge is -2.23. The van der Waals surface area contributed by atoms with Crippen LogP contribution in [0.25, 0.3) is 6.08 Å². The zero-order chi connectivity index (χ0) is 19.9. The first-order valence-corrected chi connectivity index (χ1v) is 10.1. The van der Waals surface area contributed by atoms with E-state index in [4.69, 9.17) is 0 Å². The van der Waals surface area contributed by atoms with Crippen LogP contribution in [0.15, 0.2) is 54.6 Å². The maximum atomic E-state index is 12.9. The highest BCUT2D eigenvalue weighted by Crippen LogP contribution is 2.25. The molecule has 0 saturated carbocycles. The fourth-order valence-electron chi connectivity index (χ4n) is 2.85. The average Bonchev–Trinajstić information content (AvgIpc) is 2.87. The minimum atomic E-state index is -0.638. The summed E-state index contributed by atoms with van der Waals surface area (Å²) in [7, 11) is 0. The molecule has 3 N–H and O–H groups in total. The van der Waals surface area contributed by atoms with E-state index < -0.39 is 11.9 Å². The lowest BCUT2D eigenvalue weighted by Crippen LogP contribution is -2.49. The molecule has 2 amide bonds. The molecule has 3 rings (SSSR count). The second-order valence-electron chi connectivity index (χ2n) is 6.40. The molecule has 1 fully saturated rings. The van der Waals surface area contributed by atoms with Gasteiger partial charge in [-0.05, 0) is 23.8 Å². The number of hydrogen-bond acceptors (Lipinski definition) is 5. The highest BCUT2D eigenvalue weighted by molar-refractivity contribution is 7.99. The van der Waals surface area contributed by atoms with Gasteiger partial charge in [-0.1, -0.05) is 42.5 Å². The number of carbonyl (C=O) groups is 2. The van der Waals surface area contributed by atoms with Crippen LogP contribution >= 0.6 is 11.8 Å². The molecule has 2 aromatic carbocycles. The van der Waals surface area contributed by atoms with Crippen molar-refractivity contribution >= 4 is 29.7 Å². The smallest absolute Gasteiger partial charge is 0.252 e. The van der Waals surface area contributed by atoms with E-state index in [0.29, 0.717) is 18.8 Å². The number of nitrogens with one attached hydrogen (secondary N) is 1. The van der Waals surface area contributed by atoms with Crippen LogP contribution in [0, 0.1) is 0 Å². The Balaban J connectivity index is 1.64. The number of hydrogen-bond donors (Lipinski definition) is 3. The minimum Gasteiger partial charge on any atom is -0.504 e. The van der Waals surface area contributed by atoms with Gasteiger partial charge in [-0.3, -0.25) is 9.59 Å². The molecule has 1 atom stereocenters. The molecule has 0 unspecified atom stereocenters. The molecule has 0 aliphatic carbocycles. The van der Waals surface area contributed by atoms with Gasteiger partial charge in [0.25, 0.3) is 5.91 Å². The highest BCUT2D eigenvalue weighted by atomic mass is 32.2. The quantitative estimate of drug-likeness (QED) is 0.674. The third-order valence-corrected chi connectivity index (χ3v) is 5.42. The molecule has 7 heteroatoms. The summed E-state index contributed by atoms with van der Waals surface area (Å²) in [4.78, 5) is 27.0. The lowest BCUT2D eigenvalue weighted by atomic mass is 10.1. The van der Waals surface area contributed by atoms with Crippen LogP contribution in [0.4, 0.5) is 0 Å². The van der Waals surface area contributed by atoms with Gasteiger partial charge in [-0.2, -0.15) is 11.8 Å². The van der Waals surface area contributed by atoms with Crippen molar-refractivity contribution in [3.05, 3.63) is 65.7 Å². The molecular formula is C21H22N2O4S. The standard InChI is InChI=1S/C21H22N2O4S/c24-18-9-8-16(13-19(18)25)20(26)22-17-14-28-12-11-23(21(17)27)10-4-7-15-5-2-1-3-6-15/h1-9,13,17,24-25H,10-12,14H2,(H,22,26)/b7-4+/t17-/m0/s1. The predicted molar refractivity (Wildman–Crippen MR) is 110 cm³/mol. The van der Waals surface area contributed by atoms with E-state index >= 15 is 0 Å². The average molecular weight is 398 g/mol. The molecule has 1 aliphatic heterocycles. The fraction of sp³-hybridized carbons (Fsp3) is 0.238. The molecule has 0 bridgehead atoms. The van der Waals surface area contributed by atoms with Crippen molar-refractivity contribution in [1.82, 2.24) is 10.2 Å². The van der Waals surface area contributed by atoms with Crippen molar-refractivity contribution in [3.8, 4) is 11.5 Å². The van der Waals surface area contributed by atoms with Crippen molar-refractivity contribution in [2.24, 2.45) is 0 Å². The molecule has 6 nitrogen and oxygen atoms in total. The third kappa shape index (κ3) is 5.07.